The fourth-order valence-corrected chi connectivity index (χ4v) is 4.02. The van der Waals surface area contributed by atoms with Gasteiger partial charge in [-0.25, -0.2) is 14.6 Å². The highest BCUT2D eigenvalue weighted by molar-refractivity contribution is 5.13. The van der Waals surface area contributed by atoms with E-state index in [0.717, 1.165) is 50.5 Å². The van der Waals surface area contributed by atoms with Crippen molar-refractivity contribution >= 4 is 0 Å². The Morgan fingerprint density at radius 2 is 1.63 bits per heavy atom. The van der Waals surface area contributed by atoms with Crippen LogP contribution in [-0.4, -0.2) is 37.7 Å². The third-order valence-electron chi connectivity index (χ3n) is 6.10. The molecule has 3 heterocycles. The summed E-state index contributed by atoms with van der Waals surface area (Å²) in [6.07, 6.45) is 11.2. The molecule has 0 N–H and O–H groups in total. The molecule has 3 fully saturated rings. The lowest BCUT2D eigenvalue weighted by molar-refractivity contribution is 0.163. The first-order valence-corrected chi connectivity index (χ1v) is 10.4. The minimum Gasteiger partial charge on any atom is -0.299 e. The van der Waals surface area contributed by atoms with Gasteiger partial charge in [0, 0.05) is 48.9 Å². The fourth-order valence-electron chi connectivity index (χ4n) is 4.02. The largest absolute Gasteiger partial charge is 0.299 e. The number of nitrogens with zero attached hydrogens (tertiary/aromatic N) is 5. The molecule has 0 radical (unpaired) electrons. The van der Waals surface area contributed by atoms with Gasteiger partial charge in [-0.2, -0.15) is 5.10 Å². The second kappa shape index (κ2) is 7.15. The van der Waals surface area contributed by atoms with Gasteiger partial charge in [0.2, 0.25) is 0 Å². The molecule has 0 amide bonds. The van der Waals surface area contributed by atoms with Gasteiger partial charge in [-0.1, -0.05) is 0 Å². The molecule has 0 aromatic carbocycles. The molecule has 1 aliphatic heterocycles. The molecule has 3 aliphatic rings. The third-order valence-corrected chi connectivity index (χ3v) is 6.10. The Morgan fingerprint density at radius 3 is 2.30 bits per heavy atom. The fraction of sp³-hybridized carbons (Fsp3) is 0.619. The molecular weight excluding hydrogens is 338 g/mol. The van der Waals surface area contributed by atoms with Crippen molar-refractivity contribution in [3.8, 4) is 0 Å². The van der Waals surface area contributed by atoms with Crippen molar-refractivity contribution in [1.29, 1.82) is 0 Å². The van der Waals surface area contributed by atoms with Crippen LogP contribution in [0.1, 0.15) is 67.4 Å². The van der Waals surface area contributed by atoms with Gasteiger partial charge in [-0.3, -0.25) is 9.69 Å². The van der Waals surface area contributed by atoms with Gasteiger partial charge in [0.25, 0.3) is 5.56 Å². The predicted octanol–water partition coefficient (Wildman–Crippen LogP) is 2.70. The van der Waals surface area contributed by atoms with Crippen LogP contribution in [0.4, 0.5) is 0 Å². The van der Waals surface area contributed by atoms with E-state index in [2.05, 4.69) is 20.0 Å². The minimum atomic E-state index is 0.0368. The molecule has 1 saturated heterocycles. The van der Waals surface area contributed by atoms with Gasteiger partial charge in [0.15, 0.2) is 0 Å². The zero-order valence-corrected chi connectivity index (χ0v) is 15.8. The summed E-state index contributed by atoms with van der Waals surface area (Å²) in [5, 5.41) is 4.62. The van der Waals surface area contributed by atoms with Crippen LogP contribution >= 0.6 is 0 Å². The van der Waals surface area contributed by atoms with Crippen molar-refractivity contribution in [3.05, 3.63) is 52.0 Å². The SMILES string of the molecule is O=c1ccc(C2CC2)nn1CC1CCN(Cc2cnc(C3CC3)nc2)CC1. The molecule has 0 unspecified atom stereocenters. The number of hydrogen-bond donors (Lipinski definition) is 0. The molecule has 2 aromatic rings. The molecule has 2 aliphatic carbocycles. The normalized spacial score (nSPS) is 21.5. The first-order valence-electron chi connectivity index (χ1n) is 10.4. The van der Waals surface area contributed by atoms with E-state index in [-0.39, 0.29) is 5.56 Å². The quantitative estimate of drug-likeness (QED) is 0.787. The Labute approximate surface area is 159 Å². The molecule has 6 heteroatoms. The van der Waals surface area contributed by atoms with Crippen molar-refractivity contribution in [2.24, 2.45) is 5.92 Å². The maximum Gasteiger partial charge on any atom is 0.266 e. The Bertz CT molecular complexity index is 846. The molecule has 2 aromatic heterocycles. The highest BCUT2D eigenvalue weighted by atomic mass is 16.1. The summed E-state index contributed by atoms with van der Waals surface area (Å²) < 4.78 is 1.71. The molecule has 5 rings (SSSR count). The smallest absolute Gasteiger partial charge is 0.266 e. The maximum absolute atomic E-state index is 12.1. The van der Waals surface area contributed by atoms with Crippen LogP contribution in [0.2, 0.25) is 0 Å². The first-order chi connectivity index (χ1) is 13.2. The van der Waals surface area contributed by atoms with Gasteiger partial charge in [0.05, 0.1) is 5.69 Å². The molecular formula is C21H27N5O. The molecule has 142 valence electrons. The van der Waals surface area contributed by atoms with Gasteiger partial charge >= 0.3 is 0 Å². The van der Waals surface area contributed by atoms with Crippen LogP contribution in [0.3, 0.4) is 0 Å². The number of likely N-dealkylation sites (tertiary alicyclic amines) is 1. The van der Waals surface area contributed by atoms with E-state index in [1.165, 1.54) is 31.2 Å². The number of aromatic nitrogens is 4. The van der Waals surface area contributed by atoms with E-state index >= 15 is 0 Å². The zero-order valence-electron chi connectivity index (χ0n) is 15.8. The van der Waals surface area contributed by atoms with Gasteiger partial charge in [0.1, 0.15) is 5.82 Å². The maximum atomic E-state index is 12.1. The topological polar surface area (TPSA) is 63.9 Å². The van der Waals surface area contributed by atoms with Crippen LogP contribution in [0, 0.1) is 5.92 Å². The van der Waals surface area contributed by atoms with Crippen molar-refractivity contribution < 1.29 is 0 Å². The Balaban J connectivity index is 1.14. The van der Waals surface area contributed by atoms with E-state index < -0.39 is 0 Å². The van der Waals surface area contributed by atoms with Gasteiger partial charge < -0.3 is 0 Å². The third kappa shape index (κ3) is 4.10. The first kappa shape index (κ1) is 17.0. The van der Waals surface area contributed by atoms with Crippen LogP contribution in [-0.2, 0) is 13.1 Å². The standard InChI is InChI=1S/C21H27N5O/c27-20-6-5-19(17-1-2-17)24-26(20)14-15-7-9-25(10-8-15)13-16-11-22-21(23-12-16)18-3-4-18/h5-6,11-12,15,17-18H,1-4,7-10,13-14H2. The molecule has 6 nitrogen and oxygen atoms in total. The van der Waals surface area contributed by atoms with Crippen molar-refractivity contribution in [1.82, 2.24) is 24.6 Å². The zero-order chi connectivity index (χ0) is 18.2. The molecule has 27 heavy (non-hydrogen) atoms. The van der Waals surface area contributed by atoms with Gasteiger partial charge in [-0.15, -0.1) is 0 Å². The molecule has 2 saturated carbocycles. The van der Waals surface area contributed by atoms with E-state index in [4.69, 9.17) is 0 Å². The average Bonchev–Trinajstić information content (AvgIpc) is 3.57. The second-order valence-corrected chi connectivity index (χ2v) is 8.50. The summed E-state index contributed by atoms with van der Waals surface area (Å²) in [4.78, 5) is 23.7. The van der Waals surface area contributed by atoms with E-state index in [9.17, 15) is 4.79 Å². The highest BCUT2D eigenvalue weighted by Gasteiger charge is 2.27. The van der Waals surface area contributed by atoms with E-state index in [0.29, 0.717) is 17.8 Å². The van der Waals surface area contributed by atoms with Crippen LogP contribution in [0.5, 0.6) is 0 Å². The van der Waals surface area contributed by atoms with Crippen molar-refractivity contribution in [2.45, 2.75) is 63.5 Å². The van der Waals surface area contributed by atoms with Crippen molar-refractivity contribution in [3.63, 3.8) is 0 Å². The summed E-state index contributed by atoms with van der Waals surface area (Å²) in [5.41, 5.74) is 2.34. The number of hydrogen-bond acceptors (Lipinski definition) is 5. The molecule has 0 bridgehead atoms. The lowest BCUT2D eigenvalue weighted by Gasteiger charge is -2.31. The second-order valence-electron chi connectivity index (χ2n) is 8.50. The molecule has 0 atom stereocenters. The summed E-state index contributed by atoms with van der Waals surface area (Å²) in [5.74, 6) is 2.76. The average molecular weight is 365 g/mol. The predicted molar refractivity (Wildman–Crippen MR) is 102 cm³/mol. The molecule has 0 spiro atoms. The number of piperidine rings is 1. The number of rotatable bonds is 6. The Morgan fingerprint density at radius 1 is 0.926 bits per heavy atom. The Kier molecular flexibility index (Phi) is 4.52. The highest BCUT2D eigenvalue weighted by Crippen LogP contribution is 2.38. The monoisotopic (exact) mass is 365 g/mol. The lowest BCUT2D eigenvalue weighted by Crippen LogP contribution is -2.36. The summed E-state index contributed by atoms with van der Waals surface area (Å²) >= 11 is 0. The minimum absolute atomic E-state index is 0.0368. The summed E-state index contributed by atoms with van der Waals surface area (Å²) in [6.45, 7) is 3.80. The summed E-state index contributed by atoms with van der Waals surface area (Å²) in [7, 11) is 0. The van der Waals surface area contributed by atoms with E-state index in [1.54, 1.807) is 10.7 Å². The van der Waals surface area contributed by atoms with Crippen LogP contribution in [0.15, 0.2) is 29.3 Å². The van der Waals surface area contributed by atoms with Crippen molar-refractivity contribution in [2.75, 3.05) is 13.1 Å². The van der Waals surface area contributed by atoms with Crippen LogP contribution < -0.4 is 5.56 Å². The van der Waals surface area contributed by atoms with Crippen LogP contribution in [0.25, 0.3) is 0 Å². The Hall–Kier alpha value is -2.08. The lowest BCUT2D eigenvalue weighted by atomic mass is 9.96. The summed E-state index contributed by atoms with van der Waals surface area (Å²) in [6, 6.07) is 3.61. The van der Waals surface area contributed by atoms with E-state index in [1.807, 2.05) is 18.5 Å². The van der Waals surface area contributed by atoms with Gasteiger partial charge in [-0.05, 0) is 63.6 Å².